The molecule has 0 aliphatic heterocycles. The minimum atomic E-state index is -0.702. The molecule has 204 valence electrons. The van der Waals surface area contributed by atoms with Crippen molar-refractivity contribution in [3.63, 3.8) is 0 Å². The number of aliphatic carboxylic acids is 1. The molecule has 0 spiro atoms. The number of aryl methyl sites for hydroxylation is 2. The van der Waals surface area contributed by atoms with Gasteiger partial charge in [0, 0.05) is 0 Å². The average Bonchev–Trinajstić information content (AvgIpc) is 2.88. The largest absolute Gasteiger partial charge is 0.493 e. The minimum absolute atomic E-state index is 0.0815. The molecule has 0 bridgehead atoms. The van der Waals surface area contributed by atoms with E-state index in [2.05, 4.69) is 32.2 Å². The van der Waals surface area contributed by atoms with E-state index in [0.29, 0.717) is 6.42 Å². The van der Waals surface area contributed by atoms with Crippen LogP contribution in [-0.2, 0) is 17.6 Å². The third-order valence-electron chi connectivity index (χ3n) is 8.19. The Kier molecular flexibility index (Phi) is 10.4. The Bertz CT molecular complexity index is 1040. The molecule has 2 N–H and O–H groups in total. The van der Waals surface area contributed by atoms with Crippen molar-refractivity contribution < 1.29 is 23.8 Å². The highest BCUT2D eigenvalue weighted by molar-refractivity contribution is 5.71. The Morgan fingerprint density at radius 1 is 1.14 bits per heavy atom. The smallest absolute Gasteiger partial charge is 0.307 e. The fourth-order valence-corrected chi connectivity index (χ4v) is 6.64. The van der Waals surface area contributed by atoms with Crippen LogP contribution >= 0.6 is 0 Å². The SMILES string of the molecule is CCC[C@@H](C(=O)O)C1(CCNCCCc2ccc(OC)c(OC)c2)CCc2cc(F)ccc2[C@@H]1C(C)C. The number of ether oxygens (including phenoxy) is 2. The van der Waals surface area contributed by atoms with E-state index in [1.807, 2.05) is 18.2 Å². The molecule has 0 saturated carbocycles. The Hall–Kier alpha value is -2.60. The summed E-state index contributed by atoms with van der Waals surface area (Å²) >= 11 is 0. The summed E-state index contributed by atoms with van der Waals surface area (Å²) < 4.78 is 24.8. The average molecular weight is 514 g/mol. The molecule has 0 fully saturated rings. The van der Waals surface area contributed by atoms with Crippen molar-refractivity contribution in [1.29, 1.82) is 0 Å². The molecule has 0 aromatic heterocycles. The Labute approximate surface area is 221 Å². The third-order valence-corrected chi connectivity index (χ3v) is 8.19. The first-order valence-corrected chi connectivity index (χ1v) is 13.7. The van der Waals surface area contributed by atoms with Gasteiger partial charge in [-0.3, -0.25) is 4.79 Å². The quantitative estimate of drug-likeness (QED) is 0.278. The summed E-state index contributed by atoms with van der Waals surface area (Å²) in [6.45, 7) is 8.04. The number of fused-ring (bicyclic) bond motifs is 1. The van der Waals surface area contributed by atoms with Crippen LogP contribution in [0, 0.1) is 23.1 Å². The van der Waals surface area contributed by atoms with Crippen LogP contribution in [0.4, 0.5) is 4.39 Å². The molecule has 0 saturated heterocycles. The number of hydrogen-bond acceptors (Lipinski definition) is 4. The Morgan fingerprint density at radius 2 is 1.89 bits per heavy atom. The van der Waals surface area contributed by atoms with Crippen molar-refractivity contribution in [3.05, 3.63) is 58.9 Å². The standard InChI is InChI=1S/C31H44FNO4/c1-6-8-26(30(34)35)31(15-14-23-20-24(32)11-12-25(23)29(31)21(2)3)16-18-33-17-7-9-22-10-13-27(36-4)28(19-22)37-5/h10-13,19-21,26,29,33H,6-9,14-18H2,1-5H3,(H,34,35)/t26-,29-,31?/m0/s1. The number of halogens is 1. The number of nitrogens with one attached hydrogen (secondary N) is 1. The number of methoxy groups -OCH3 is 2. The zero-order chi connectivity index (χ0) is 27.0. The lowest BCUT2D eigenvalue weighted by atomic mass is 9.53. The van der Waals surface area contributed by atoms with Crippen LogP contribution in [0.2, 0.25) is 0 Å². The van der Waals surface area contributed by atoms with Crippen LogP contribution < -0.4 is 14.8 Å². The summed E-state index contributed by atoms with van der Waals surface area (Å²) in [5, 5.41) is 14.0. The van der Waals surface area contributed by atoms with E-state index in [-0.39, 0.29) is 23.1 Å². The number of rotatable bonds is 14. The van der Waals surface area contributed by atoms with Crippen LogP contribution in [0.1, 0.15) is 75.5 Å². The predicted octanol–water partition coefficient (Wildman–Crippen LogP) is 6.63. The van der Waals surface area contributed by atoms with Crippen molar-refractivity contribution in [2.24, 2.45) is 17.3 Å². The second-order valence-electron chi connectivity index (χ2n) is 10.8. The maximum atomic E-state index is 14.0. The molecule has 1 unspecified atom stereocenters. The van der Waals surface area contributed by atoms with Crippen LogP contribution in [0.3, 0.4) is 0 Å². The van der Waals surface area contributed by atoms with Gasteiger partial charge in [0.15, 0.2) is 11.5 Å². The highest BCUT2D eigenvalue weighted by atomic mass is 19.1. The lowest BCUT2D eigenvalue weighted by molar-refractivity contribution is -0.149. The first kappa shape index (κ1) is 29.0. The van der Waals surface area contributed by atoms with Crippen LogP contribution in [0.5, 0.6) is 11.5 Å². The first-order valence-electron chi connectivity index (χ1n) is 13.7. The molecule has 2 aromatic carbocycles. The lowest BCUT2D eigenvalue weighted by Gasteiger charge is -2.51. The van der Waals surface area contributed by atoms with Gasteiger partial charge in [-0.2, -0.15) is 0 Å². The maximum Gasteiger partial charge on any atom is 0.307 e. The van der Waals surface area contributed by atoms with Crippen molar-refractivity contribution in [3.8, 4) is 11.5 Å². The first-order chi connectivity index (χ1) is 17.8. The van der Waals surface area contributed by atoms with E-state index < -0.39 is 11.9 Å². The molecular formula is C31H44FNO4. The van der Waals surface area contributed by atoms with Crippen LogP contribution in [-0.4, -0.2) is 38.4 Å². The van der Waals surface area contributed by atoms with E-state index in [1.54, 1.807) is 20.3 Å². The molecule has 1 aliphatic rings. The third kappa shape index (κ3) is 6.64. The number of carboxylic acids is 1. The van der Waals surface area contributed by atoms with Gasteiger partial charge in [0.2, 0.25) is 0 Å². The van der Waals surface area contributed by atoms with Crippen molar-refractivity contribution >= 4 is 5.97 Å². The van der Waals surface area contributed by atoms with Crippen molar-refractivity contribution in [1.82, 2.24) is 5.32 Å². The van der Waals surface area contributed by atoms with Gasteiger partial charge >= 0.3 is 5.97 Å². The van der Waals surface area contributed by atoms with Crippen molar-refractivity contribution in [2.75, 3.05) is 27.3 Å². The Balaban J connectivity index is 1.72. The minimum Gasteiger partial charge on any atom is -0.493 e. The molecule has 5 nitrogen and oxygen atoms in total. The van der Waals surface area contributed by atoms with Gasteiger partial charge in [-0.05, 0) is 110 Å². The topological polar surface area (TPSA) is 67.8 Å². The molecule has 3 rings (SSSR count). The molecule has 1 aliphatic carbocycles. The molecule has 0 amide bonds. The summed E-state index contributed by atoms with van der Waals surface area (Å²) in [5.74, 6) is 0.469. The second-order valence-corrected chi connectivity index (χ2v) is 10.8. The van der Waals surface area contributed by atoms with Gasteiger partial charge in [0.25, 0.3) is 0 Å². The highest BCUT2D eigenvalue weighted by Crippen LogP contribution is 2.56. The predicted molar refractivity (Wildman–Crippen MR) is 146 cm³/mol. The molecule has 3 atom stereocenters. The molecule has 0 heterocycles. The Morgan fingerprint density at radius 3 is 2.54 bits per heavy atom. The number of carbonyl (C=O) groups is 1. The van der Waals surface area contributed by atoms with E-state index >= 15 is 0 Å². The zero-order valence-corrected chi connectivity index (χ0v) is 23.1. The van der Waals surface area contributed by atoms with Crippen LogP contribution in [0.15, 0.2) is 36.4 Å². The molecule has 6 heteroatoms. The van der Waals surface area contributed by atoms with Gasteiger partial charge in [0.05, 0.1) is 20.1 Å². The lowest BCUT2D eigenvalue weighted by Crippen LogP contribution is -2.47. The van der Waals surface area contributed by atoms with Gasteiger partial charge < -0.3 is 19.9 Å². The van der Waals surface area contributed by atoms with Gasteiger partial charge in [0.1, 0.15) is 5.82 Å². The van der Waals surface area contributed by atoms with Gasteiger partial charge in [-0.15, -0.1) is 0 Å². The normalized spacial score (nSPS) is 19.9. The number of carboxylic acid groups (broad SMARTS) is 1. The summed E-state index contributed by atoms with van der Waals surface area (Å²) in [6.07, 6.45) is 5.67. The molecule has 2 aromatic rings. The van der Waals surface area contributed by atoms with Crippen molar-refractivity contribution in [2.45, 2.75) is 71.6 Å². The number of benzene rings is 2. The molecule has 37 heavy (non-hydrogen) atoms. The monoisotopic (exact) mass is 513 g/mol. The zero-order valence-electron chi connectivity index (χ0n) is 23.1. The fraction of sp³-hybridized carbons (Fsp3) is 0.581. The maximum absolute atomic E-state index is 14.0. The van der Waals surface area contributed by atoms with E-state index in [1.165, 1.54) is 11.6 Å². The second kappa shape index (κ2) is 13.3. The van der Waals surface area contributed by atoms with E-state index in [9.17, 15) is 14.3 Å². The summed E-state index contributed by atoms with van der Waals surface area (Å²) in [6, 6.07) is 11.1. The summed E-state index contributed by atoms with van der Waals surface area (Å²) in [7, 11) is 3.28. The fourth-order valence-electron chi connectivity index (χ4n) is 6.64. The highest BCUT2D eigenvalue weighted by Gasteiger charge is 2.51. The van der Waals surface area contributed by atoms with E-state index in [4.69, 9.17) is 9.47 Å². The van der Waals surface area contributed by atoms with Gasteiger partial charge in [-0.25, -0.2) is 4.39 Å². The van der Waals surface area contributed by atoms with Crippen LogP contribution in [0.25, 0.3) is 0 Å². The number of hydrogen-bond donors (Lipinski definition) is 2. The van der Waals surface area contributed by atoms with Gasteiger partial charge in [-0.1, -0.05) is 39.3 Å². The summed E-state index contributed by atoms with van der Waals surface area (Å²) in [5.41, 5.74) is 3.01. The molecular weight excluding hydrogens is 469 g/mol. The van der Waals surface area contributed by atoms with E-state index in [0.717, 1.165) is 74.2 Å². The summed E-state index contributed by atoms with van der Waals surface area (Å²) in [4.78, 5) is 12.6. The molecule has 0 radical (unpaired) electrons.